The monoisotopic (exact) mass is 299 g/mol. The van der Waals surface area contributed by atoms with Gasteiger partial charge in [-0.2, -0.15) is 5.10 Å². The van der Waals surface area contributed by atoms with Crippen molar-refractivity contribution in [3.63, 3.8) is 0 Å². The van der Waals surface area contributed by atoms with Gasteiger partial charge in [-0.3, -0.25) is 9.58 Å². The van der Waals surface area contributed by atoms with Gasteiger partial charge < -0.3 is 5.11 Å². The Bertz CT molecular complexity index is 635. The largest absolute Gasteiger partial charge is 0.395 e. The molecule has 118 valence electrons. The van der Waals surface area contributed by atoms with Crippen LogP contribution in [0, 0.1) is 0 Å². The first-order valence-corrected chi connectivity index (χ1v) is 8.17. The maximum absolute atomic E-state index is 9.49. The molecule has 22 heavy (non-hydrogen) atoms. The second-order valence-electron chi connectivity index (χ2n) is 6.08. The maximum atomic E-state index is 9.49. The molecule has 1 aliphatic carbocycles. The Labute approximate surface area is 132 Å². The molecule has 1 aromatic carbocycles. The van der Waals surface area contributed by atoms with Crippen LogP contribution in [0.15, 0.2) is 30.5 Å². The highest BCUT2D eigenvalue weighted by Crippen LogP contribution is 2.36. The summed E-state index contributed by atoms with van der Waals surface area (Å²) in [5.74, 6) is 0. The van der Waals surface area contributed by atoms with Crippen LogP contribution in [0.1, 0.15) is 41.8 Å². The summed E-state index contributed by atoms with van der Waals surface area (Å²) >= 11 is 0. The molecule has 0 saturated heterocycles. The molecule has 0 saturated carbocycles. The third-order valence-electron chi connectivity index (χ3n) is 4.63. The van der Waals surface area contributed by atoms with E-state index in [0.717, 1.165) is 31.5 Å². The van der Waals surface area contributed by atoms with Crippen molar-refractivity contribution in [3.05, 3.63) is 52.8 Å². The highest BCUT2D eigenvalue weighted by molar-refractivity contribution is 5.34. The predicted molar refractivity (Wildman–Crippen MR) is 87.6 cm³/mol. The lowest BCUT2D eigenvalue weighted by Crippen LogP contribution is -2.30. The smallest absolute Gasteiger partial charge is 0.0666 e. The van der Waals surface area contributed by atoms with Crippen LogP contribution in [-0.4, -0.2) is 32.9 Å². The molecule has 2 aromatic rings. The number of aromatic nitrogens is 2. The average Bonchev–Trinajstić information content (AvgIpc) is 3.10. The van der Waals surface area contributed by atoms with E-state index in [0.29, 0.717) is 12.6 Å². The minimum Gasteiger partial charge on any atom is -0.395 e. The number of aliphatic hydroxyl groups is 1. The topological polar surface area (TPSA) is 41.3 Å². The second kappa shape index (κ2) is 6.63. The van der Waals surface area contributed by atoms with Gasteiger partial charge >= 0.3 is 0 Å². The maximum Gasteiger partial charge on any atom is 0.0666 e. The molecule has 0 bridgehead atoms. The van der Waals surface area contributed by atoms with E-state index in [2.05, 4.69) is 47.4 Å². The fourth-order valence-electron chi connectivity index (χ4n) is 3.62. The van der Waals surface area contributed by atoms with Crippen LogP contribution in [0.5, 0.6) is 0 Å². The minimum atomic E-state index is 0.195. The van der Waals surface area contributed by atoms with Gasteiger partial charge in [0.25, 0.3) is 0 Å². The Morgan fingerprint density at radius 3 is 2.95 bits per heavy atom. The van der Waals surface area contributed by atoms with E-state index < -0.39 is 0 Å². The Balaban J connectivity index is 1.84. The zero-order valence-electron chi connectivity index (χ0n) is 13.5. The summed E-state index contributed by atoms with van der Waals surface area (Å²) in [6, 6.07) is 9.12. The lowest BCUT2D eigenvalue weighted by atomic mass is 10.1. The average molecular weight is 299 g/mol. The molecular weight excluding hydrogens is 274 g/mol. The third-order valence-corrected chi connectivity index (χ3v) is 4.63. The van der Waals surface area contributed by atoms with Gasteiger partial charge in [0.2, 0.25) is 0 Å². The van der Waals surface area contributed by atoms with Gasteiger partial charge in [-0.1, -0.05) is 31.2 Å². The quantitative estimate of drug-likeness (QED) is 0.891. The van der Waals surface area contributed by atoms with E-state index in [4.69, 9.17) is 0 Å². The Kier molecular flexibility index (Phi) is 4.60. The summed E-state index contributed by atoms with van der Waals surface area (Å²) in [7, 11) is 1.98. The van der Waals surface area contributed by atoms with Crippen LogP contribution >= 0.6 is 0 Å². The molecule has 1 N–H and O–H groups in total. The van der Waals surface area contributed by atoms with Crippen LogP contribution in [0.25, 0.3) is 0 Å². The van der Waals surface area contributed by atoms with E-state index in [1.807, 2.05) is 11.7 Å². The molecule has 4 nitrogen and oxygen atoms in total. The Morgan fingerprint density at radius 2 is 2.18 bits per heavy atom. The van der Waals surface area contributed by atoms with Crippen molar-refractivity contribution in [1.29, 1.82) is 0 Å². The number of aryl methyl sites for hydroxylation is 3. The molecule has 0 fully saturated rings. The van der Waals surface area contributed by atoms with Crippen molar-refractivity contribution in [2.24, 2.45) is 7.05 Å². The van der Waals surface area contributed by atoms with Crippen molar-refractivity contribution < 1.29 is 5.11 Å². The zero-order chi connectivity index (χ0) is 15.5. The van der Waals surface area contributed by atoms with Crippen molar-refractivity contribution in [2.45, 2.75) is 38.8 Å². The minimum absolute atomic E-state index is 0.195. The van der Waals surface area contributed by atoms with Gasteiger partial charge in [0, 0.05) is 37.9 Å². The molecule has 4 heteroatoms. The van der Waals surface area contributed by atoms with Gasteiger partial charge in [0.15, 0.2) is 0 Å². The number of hydrogen-bond donors (Lipinski definition) is 1. The van der Waals surface area contributed by atoms with E-state index in [-0.39, 0.29) is 6.61 Å². The molecule has 0 aliphatic heterocycles. The Hall–Kier alpha value is -1.65. The van der Waals surface area contributed by atoms with Gasteiger partial charge in [0.05, 0.1) is 12.3 Å². The lowest BCUT2D eigenvalue weighted by molar-refractivity contribution is 0.142. The number of nitrogens with zero attached hydrogens (tertiary/aromatic N) is 3. The molecule has 3 rings (SSSR count). The predicted octanol–water partition coefficient (Wildman–Crippen LogP) is 2.46. The SMILES string of the molecule is CCc1nn(C)cc1CN(CCO)C1CCc2ccccc21. The molecule has 0 radical (unpaired) electrons. The number of aliphatic hydroxyl groups excluding tert-OH is 1. The van der Waals surface area contributed by atoms with Crippen molar-refractivity contribution in [2.75, 3.05) is 13.2 Å². The molecular formula is C18H25N3O. The summed E-state index contributed by atoms with van der Waals surface area (Å²) in [5, 5.41) is 14.0. The normalized spacial score (nSPS) is 17.2. The zero-order valence-corrected chi connectivity index (χ0v) is 13.5. The molecule has 1 unspecified atom stereocenters. The van der Waals surface area contributed by atoms with Crippen molar-refractivity contribution in [3.8, 4) is 0 Å². The second-order valence-corrected chi connectivity index (χ2v) is 6.08. The van der Waals surface area contributed by atoms with Gasteiger partial charge in [0.1, 0.15) is 0 Å². The summed E-state index contributed by atoms with van der Waals surface area (Å²) in [4.78, 5) is 2.40. The van der Waals surface area contributed by atoms with E-state index >= 15 is 0 Å². The van der Waals surface area contributed by atoms with Crippen LogP contribution < -0.4 is 0 Å². The first kappa shape index (κ1) is 15.3. The van der Waals surface area contributed by atoms with Crippen LogP contribution in [0.3, 0.4) is 0 Å². The van der Waals surface area contributed by atoms with E-state index in [1.54, 1.807) is 0 Å². The van der Waals surface area contributed by atoms with Gasteiger partial charge in [-0.25, -0.2) is 0 Å². The van der Waals surface area contributed by atoms with Gasteiger partial charge in [-0.15, -0.1) is 0 Å². The van der Waals surface area contributed by atoms with Crippen LogP contribution in [-0.2, 0) is 26.4 Å². The van der Waals surface area contributed by atoms with E-state index in [9.17, 15) is 5.11 Å². The summed E-state index contributed by atoms with van der Waals surface area (Å²) < 4.78 is 1.90. The Morgan fingerprint density at radius 1 is 1.36 bits per heavy atom. The number of benzene rings is 1. The van der Waals surface area contributed by atoms with Crippen molar-refractivity contribution in [1.82, 2.24) is 14.7 Å². The summed E-state index contributed by atoms with van der Waals surface area (Å²) in [5.41, 5.74) is 5.33. The van der Waals surface area contributed by atoms with E-state index in [1.165, 1.54) is 16.7 Å². The first-order chi connectivity index (χ1) is 10.7. The highest BCUT2D eigenvalue weighted by Gasteiger charge is 2.28. The fraction of sp³-hybridized carbons (Fsp3) is 0.500. The molecule has 0 amide bonds. The van der Waals surface area contributed by atoms with Crippen molar-refractivity contribution >= 4 is 0 Å². The van der Waals surface area contributed by atoms with Gasteiger partial charge in [-0.05, 0) is 30.4 Å². The lowest BCUT2D eigenvalue weighted by Gasteiger charge is -2.29. The number of hydrogen-bond acceptors (Lipinski definition) is 3. The number of rotatable bonds is 6. The highest BCUT2D eigenvalue weighted by atomic mass is 16.3. The molecule has 1 aliphatic rings. The molecule has 1 aromatic heterocycles. The molecule has 0 spiro atoms. The standard InChI is InChI=1S/C18H25N3O/c1-3-17-15(12-20(2)19-17)13-21(10-11-22)18-9-8-14-6-4-5-7-16(14)18/h4-7,12,18,22H,3,8-11,13H2,1-2H3. The molecule has 1 atom stereocenters. The number of fused-ring (bicyclic) bond motifs is 1. The summed E-state index contributed by atoms with van der Waals surface area (Å²) in [6.07, 6.45) is 5.34. The van der Waals surface area contributed by atoms with Crippen LogP contribution in [0.4, 0.5) is 0 Å². The third kappa shape index (κ3) is 2.94. The fourth-order valence-corrected chi connectivity index (χ4v) is 3.62. The van der Waals surface area contributed by atoms with Crippen LogP contribution in [0.2, 0.25) is 0 Å². The first-order valence-electron chi connectivity index (χ1n) is 8.17. The molecule has 1 heterocycles. The summed E-state index contributed by atoms with van der Waals surface area (Å²) in [6.45, 7) is 3.90.